The summed E-state index contributed by atoms with van der Waals surface area (Å²) in [5.41, 5.74) is 1.17. The van der Waals surface area contributed by atoms with Crippen LogP contribution in [0.4, 0.5) is 0 Å². The summed E-state index contributed by atoms with van der Waals surface area (Å²) < 4.78 is 11.8. The van der Waals surface area contributed by atoms with Crippen LogP contribution in [0.1, 0.15) is 79.2 Å². The van der Waals surface area contributed by atoms with Crippen molar-refractivity contribution < 1.29 is 23.9 Å². The van der Waals surface area contributed by atoms with E-state index in [-0.39, 0.29) is 54.1 Å². The fraction of sp³-hybridized carbons (Fsp3) is 0.727. The van der Waals surface area contributed by atoms with E-state index in [1.807, 2.05) is 57.8 Å². The highest BCUT2D eigenvalue weighted by atomic mass is 16.5. The second-order valence-electron chi connectivity index (χ2n) is 12.3. The Kier molecular flexibility index (Phi) is 14.3. The predicted molar refractivity (Wildman–Crippen MR) is 163 cm³/mol. The SMILES string of the molecule is CCC(C)C(C(CC(=O)N1CCCC1C(OC)C(C)C(=O)NC(C)Cc1ccccc1)OC)N(C)C(=O)CC(C)C. The topological polar surface area (TPSA) is 88.2 Å². The van der Waals surface area contributed by atoms with Gasteiger partial charge in [0, 0.05) is 40.3 Å². The van der Waals surface area contributed by atoms with Gasteiger partial charge in [-0.1, -0.05) is 71.4 Å². The number of nitrogens with one attached hydrogen (secondary N) is 1. The molecule has 1 saturated heterocycles. The maximum atomic E-state index is 13.8. The lowest BCUT2D eigenvalue weighted by atomic mass is 9.90. The molecule has 1 heterocycles. The number of methoxy groups -OCH3 is 2. The minimum absolute atomic E-state index is 0.0236. The molecule has 0 bridgehead atoms. The van der Waals surface area contributed by atoms with E-state index in [0.29, 0.717) is 13.0 Å². The van der Waals surface area contributed by atoms with Crippen LogP contribution in [-0.4, -0.2) is 85.7 Å². The van der Waals surface area contributed by atoms with Gasteiger partial charge in [0.05, 0.1) is 36.6 Å². The first-order chi connectivity index (χ1) is 19.4. The Morgan fingerprint density at radius 2 is 1.68 bits per heavy atom. The van der Waals surface area contributed by atoms with Gasteiger partial charge >= 0.3 is 0 Å². The minimum atomic E-state index is -0.430. The standard InChI is InChI=1S/C33H55N3O5/c1-10-23(4)31(35(7)29(37)19-22(2)3)28(40-8)21-30(38)36-18-14-17-27(36)32(41-9)25(6)33(39)34-24(5)20-26-15-12-11-13-16-26/h11-13,15-16,22-25,27-28,31-32H,10,14,17-21H2,1-9H3,(H,34,39). The van der Waals surface area contributed by atoms with E-state index in [9.17, 15) is 14.4 Å². The van der Waals surface area contributed by atoms with E-state index >= 15 is 0 Å². The number of carbonyl (C=O) groups is 3. The summed E-state index contributed by atoms with van der Waals surface area (Å²) >= 11 is 0. The molecule has 1 aliphatic heterocycles. The zero-order chi connectivity index (χ0) is 30.7. The summed E-state index contributed by atoms with van der Waals surface area (Å²) in [6.45, 7) is 12.8. The third-order valence-electron chi connectivity index (χ3n) is 8.66. The van der Waals surface area contributed by atoms with E-state index in [1.54, 1.807) is 19.1 Å². The number of ether oxygens (including phenoxy) is 2. The van der Waals surface area contributed by atoms with Gasteiger partial charge < -0.3 is 24.6 Å². The zero-order valence-electron chi connectivity index (χ0n) is 26.9. The Labute approximate surface area is 248 Å². The number of benzene rings is 1. The summed E-state index contributed by atoms with van der Waals surface area (Å²) in [5, 5.41) is 3.14. The molecular weight excluding hydrogens is 518 g/mol. The van der Waals surface area contributed by atoms with Crippen LogP contribution < -0.4 is 5.32 Å². The molecule has 3 amide bonds. The molecule has 0 spiro atoms. The molecule has 41 heavy (non-hydrogen) atoms. The second kappa shape index (κ2) is 16.9. The van der Waals surface area contributed by atoms with Crippen LogP contribution in [0, 0.1) is 17.8 Å². The normalized spacial score (nSPS) is 19.8. The molecule has 7 unspecified atom stereocenters. The number of rotatable bonds is 16. The molecule has 8 heteroatoms. The van der Waals surface area contributed by atoms with Crippen molar-refractivity contribution in [2.75, 3.05) is 27.8 Å². The van der Waals surface area contributed by atoms with Gasteiger partial charge in [0.25, 0.3) is 0 Å². The molecule has 0 aliphatic carbocycles. The van der Waals surface area contributed by atoms with Crippen LogP contribution in [0.3, 0.4) is 0 Å². The van der Waals surface area contributed by atoms with Crippen LogP contribution in [-0.2, 0) is 30.3 Å². The van der Waals surface area contributed by atoms with E-state index in [4.69, 9.17) is 9.47 Å². The molecule has 0 saturated carbocycles. The highest BCUT2D eigenvalue weighted by molar-refractivity contribution is 5.81. The molecule has 0 aromatic heterocycles. The van der Waals surface area contributed by atoms with Crippen molar-refractivity contribution in [2.24, 2.45) is 17.8 Å². The Morgan fingerprint density at radius 3 is 2.24 bits per heavy atom. The molecule has 1 N–H and O–H groups in total. The van der Waals surface area contributed by atoms with E-state index in [0.717, 1.165) is 25.7 Å². The summed E-state index contributed by atoms with van der Waals surface area (Å²) in [4.78, 5) is 43.7. The van der Waals surface area contributed by atoms with Crippen LogP contribution in [0.5, 0.6) is 0 Å². The van der Waals surface area contributed by atoms with Crippen LogP contribution >= 0.6 is 0 Å². The van der Waals surface area contributed by atoms with E-state index in [2.05, 4.69) is 31.3 Å². The van der Waals surface area contributed by atoms with Crippen molar-refractivity contribution in [1.82, 2.24) is 15.1 Å². The van der Waals surface area contributed by atoms with Crippen LogP contribution in [0.25, 0.3) is 0 Å². The number of amides is 3. The first-order valence-electron chi connectivity index (χ1n) is 15.4. The van der Waals surface area contributed by atoms with Crippen molar-refractivity contribution in [1.29, 1.82) is 0 Å². The third-order valence-corrected chi connectivity index (χ3v) is 8.66. The van der Waals surface area contributed by atoms with Gasteiger partial charge in [0.2, 0.25) is 17.7 Å². The summed E-state index contributed by atoms with van der Waals surface area (Å²) in [6, 6.07) is 9.66. The fourth-order valence-electron chi connectivity index (χ4n) is 6.21. The predicted octanol–water partition coefficient (Wildman–Crippen LogP) is 4.70. The van der Waals surface area contributed by atoms with Crippen molar-refractivity contribution in [2.45, 2.75) is 110 Å². The van der Waals surface area contributed by atoms with Gasteiger partial charge in [-0.3, -0.25) is 14.4 Å². The second-order valence-corrected chi connectivity index (χ2v) is 12.3. The maximum Gasteiger partial charge on any atom is 0.225 e. The lowest BCUT2D eigenvalue weighted by Gasteiger charge is -2.39. The smallest absolute Gasteiger partial charge is 0.225 e. The Morgan fingerprint density at radius 1 is 1.02 bits per heavy atom. The lowest BCUT2D eigenvalue weighted by molar-refractivity contribution is -0.146. The van der Waals surface area contributed by atoms with Gasteiger partial charge in [-0.05, 0) is 43.6 Å². The number of nitrogens with zero attached hydrogens (tertiary/aromatic N) is 2. The Bertz CT molecular complexity index is 955. The molecule has 0 radical (unpaired) electrons. The van der Waals surface area contributed by atoms with Crippen molar-refractivity contribution in [3.05, 3.63) is 35.9 Å². The number of carbonyl (C=O) groups excluding carboxylic acids is 3. The quantitative estimate of drug-likeness (QED) is 0.310. The van der Waals surface area contributed by atoms with Gasteiger partial charge in [-0.2, -0.15) is 0 Å². The molecule has 8 nitrogen and oxygen atoms in total. The van der Waals surface area contributed by atoms with Gasteiger partial charge in [0.1, 0.15) is 0 Å². The largest absolute Gasteiger partial charge is 0.379 e. The van der Waals surface area contributed by atoms with Crippen molar-refractivity contribution >= 4 is 17.7 Å². The van der Waals surface area contributed by atoms with Gasteiger partial charge in [-0.15, -0.1) is 0 Å². The molecule has 1 fully saturated rings. The first-order valence-corrected chi connectivity index (χ1v) is 15.4. The number of likely N-dealkylation sites (N-methyl/N-ethyl adjacent to an activating group) is 1. The van der Waals surface area contributed by atoms with Gasteiger partial charge in [0.15, 0.2) is 0 Å². The summed E-state index contributed by atoms with van der Waals surface area (Å²) in [6.07, 6.45) is 3.02. The monoisotopic (exact) mass is 573 g/mol. The average molecular weight is 574 g/mol. The van der Waals surface area contributed by atoms with Crippen LogP contribution in [0.2, 0.25) is 0 Å². The number of hydrogen-bond donors (Lipinski definition) is 1. The molecule has 1 aliphatic rings. The number of likely N-dealkylation sites (tertiary alicyclic amines) is 1. The summed E-state index contributed by atoms with van der Waals surface area (Å²) in [7, 11) is 5.07. The van der Waals surface area contributed by atoms with Gasteiger partial charge in [-0.25, -0.2) is 0 Å². The van der Waals surface area contributed by atoms with Crippen molar-refractivity contribution in [3.8, 4) is 0 Å². The Hall–Kier alpha value is -2.45. The van der Waals surface area contributed by atoms with E-state index < -0.39 is 18.1 Å². The highest BCUT2D eigenvalue weighted by Crippen LogP contribution is 2.29. The third kappa shape index (κ3) is 9.81. The molecule has 1 aromatic carbocycles. The number of hydrogen-bond acceptors (Lipinski definition) is 5. The molecule has 2 rings (SSSR count). The van der Waals surface area contributed by atoms with Crippen LogP contribution in [0.15, 0.2) is 30.3 Å². The fourth-order valence-corrected chi connectivity index (χ4v) is 6.21. The lowest BCUT2D eigenvalue weighted by Crippen LogP contribution is -2.53. The Balaban J connectivity index is 2.12. The highest BCUT2D eigenvalue weighted by Gasteiger charge is 2.42. The molecule has 7 atom stereocenters. The molecular formula is C33H55N3O5. The average Bonchev–Trinajstić information content (AvgIpc) is 3.42. The minimum Gasteiger partial charge on any atom is -0.379 e. The first kappa shape index (κ1) is 34.7. The molecule has 1 aromatic rings. The maximum absolute atomic E-state index is 13.8. The van der Waals surface area contributed by atoms with Crippen molar-refractivity contribution in [3.63, 3.8) is 0 Å². The zero-order valence-corrected chi connectivity index (χ0v) is 26.9. The van der Waals surface area contributed by atoms with E-state index in [1.165, 1.54) is 5.56 Å². The summed E-state index contributed by atoms with van der Waals surface area (Å²) in [5.74, 6) is -0.0402. The molecule has 232 valence electrons.